The van der Waals surface area contributed by atoms with Crippen LogP contribution in [0.5, 0.6) is 5.75 Å². The number of methoxy groups -OCH3 is 1. The van der Waals surface area contributed by atoms with E-state index in [1.807, 2.05) is 22.8 Å². The summed E-state index contributed by atoms with van der Waals surface area (Å²) in [5.41, 5.74) is 2.18. The van der Waals surface area contributed by atoms with Crippen LogP contribution in [0.15, 0.2) is 48.8 Å². The first-order valence-corrected chi connectivity index (χ1v) is 8.68. The van der Waals surface area contributed by atoms with E-state index in [0.717, 1.165) is 43.4 Å². The normalized spacial score (nSPS) is 17.0. The first-order chi connectivity index (χ1) is 12.2. The lowest BCUT2D eigenvalue weighted by molar-refractivity contribution is 0.198. The fraction of sp³-hybridized carbons (Fsp3) is 0.368. The molecule has 3 heterocycles. The molecule has 1 atom stereocenters. The molecule has 1 fully saturated rings. The molecule has 0 bridgehead atoms. The first kappa shape index (κ1) is 15.9. The van der Waals surface area contributed by atoms with Gasteiger partial charge in [0.15, 0.2) is 5.65 Å². The third kappa shape index (κ3) is 3.17. The van der Waals surface area contributed by atoms with Gasteiger partial charge in [-0.05, 0) is 36.8 Å². The van der Waals surface area contributed by atoms with Gasteiger partial charge in [-0.2, -0.15) is 0 Å². The van der Waals surface area contributed by atoms with Gasteiger partial charge in [-0.3, -0.25) is 4.90 Å². The Kier molecular flexibility index (Phi) is 4.28. The van der Waals surface area contributed by atoms with Crippen molar-refractivity contribution in [3.05, 3.63) is 54.4 Å². The van der Waals surface area contributed by atoms with E-state index < -0.39 is 0 Å². The highest BCUT2D eigenvalue weighted by Crippen LogP contribution is 2.25. The van der Waals surface area contributed by atoms with E-state index >= 15 is 0 Å². The minimum atomic E-state index is 0.376. The van der Waals surface area contributed by atoms with Crippen LogP contribution in [0.2, 0.25) is 0 Å². The van der Waals surface area contributed by atoms with Gasteiger partial charge in [0.05, 0.1) is 7.11 Å². The van der Waals surface area contributed by atoms with Gasteiger partial charge in [-0.15, -0.1) is 5.10 Å². The minimum Gasteiger partial charge on any atom is -0.497 e. The van der Waals surface area contributed by atoms with Gasteiger partial charge in [0.25, 0.3) is 0 Å². The molecule has 1 unspecified atom stereocenters. The zero-order valence-electron chi connectivity index (χ0n) is 14.7. The van der Waals surface area contributed by atoms with E-state index in [1.165, 1.54) is 5.56 Å². The SMILES string of the molecule is COc1cccc(C(C)N2CCN(c3ccc4nccn4n3)CC2)c1. The molecule has 25 heavy (non-hydrogen) atoms. The van der Waals surface area contributed by atoms with Crippen molar-refractivity contribution in [2.75, 3.05) is 38.2 Å². The van der Waals surface area contributed by atoms with Crippen molar-refractivity contribution in [1.82, 2.24) is 19.5 Å². The van der Waals surface area contributed by atoms with Crippen molar-refractivity contribution in [1.29, 1.82) is 0 Å². The molecule has 1 aliphatic heterocycles. The molecule has 6 nitrogen and oxygen atoms in total. The summed E-state index contributed by atoms with van der Waals surface area (Å²) in [5, 5.41) is 4.65. The van der Waals surface area contributed by atoms with Crippen LogP contribution in [-0.2, 0) is 0 Å². The summed E-state index contributed by atoms with van der Waals surface area (Å²) in [6.45, 7) is 6.24. The number of aromatic nitrogens is 3. The molecule has 2 aromatic heterocycles. The Bertz CT molecular complexity index is 854. The summed E-state index contributed by atoms with van der Waals surface area (Å²) in [6.07, 6.45) is 3.67. The molecular weight excluding hydrogens is 314 g/mol. The number of ether oxygens (including phenoxy) is 1. The van der Waals surface area contributed by atoms with Gasteiger partial charge < -0.3 is 9.64 Å². The number of hydrogen-bond donors (Lipinski definition) is 0. The monoisotopic (exact) mass is 337 g/mol. The lowest BCUT2D eigenvalue weighted by atomic mass is 10.1. The fourth-order valence-electron chi connectivity index (χ4n) is 3.42. The second-order valence-electron chi connectivity index (χ2n) is 6.40. The predicted molar refractivity (Wildman–Crippen MR) is 98.2 cm³/mol. The lowest BCUT2D eigenvalue weighted by Crippen LogP contribution is -2.47. The molecule has 130 valence electrons. The van der Waals surface area contributed by atoms with Crippen LogP contribution in [0.3, 0.4) is 0 Å². The molecular formula is C19H23N5O. The van der Waals surface area contributed by atoms with E-state index in [4.69, 9.17) is 4.74 Å². The Labute approximate surface area is 147 Å². The Morgan fingerprint density at radius 2 is 1.92 bits per heavy atom. The second-order valence-corrected chi connectivity index (χ2v) is 6.40. The highest BCUT2D eigenvalue weighted by atomic mass is 16.5. The smallest absolute Gasteiger partial charge is 0.153 e. The molecule has 0 N–H and O–H groups in total. The van der Waals surface area contributed by atoms with E-state index in [0.29, 0.717) is 6.04 Å². The van der Waals surface area contributed by atoms with Gasteiger partial charge in [-0.1, -0.05) is 12.1 Å². The second kappa shape index (κ2) is 6.72. The van der Waals surface area contributed by atoms with Gasteiger partial charge in [-0.25, -0.2) is 9.50 Å². The van der Waals surface area contributed by atoms with Crippen LogP contribution in [0.4, 0.5) is 5.82 Å². The number of fused-ring (bicyclic) bond motifs is 1. The molecule has 6 heteroatoms. The molecule has 0 aliphatic carbocycles. The standard InChI is InChI=1S/C19H23N5O/c1-15(16-4-3-5-17(14-16)25-2)22-10-12-23(13-11-22)19-7-6-18-20-8-9-24(18)21-19/h3-9,14-15H,10-13H2,1-2H3. The molecule has 4 rings (SSSR count). The molecule has 0 spiro atoms. The molecule has 0 amide bonds. The van der Waals surface area contributed by atoms with Crippen LogP contribution in [0, 0.1) is 0 Å². The average Bonchev–Trinajstić information content (AvgIpc) is 3.15. The highest BCUT2D eigenvalue weighted by molar-refractivity contribution is 5.46. The number of imidazole rings is 1. The number of benzene rings is 1. The maximum Gasteiger partial charge on any atom is 0.153 e. The van der Waals surface area contributed by atoms with Crippen LogP contribution >= 0.6 is 0 Å². The van der Waals surface area contributed by atoms with Crippen molar-refractivity contribution in [2.45, 2.75) is 13.0 Å². The highest BCUT2D eigenvalue weighted by Gasteiger charge is 2.23. The number of nitrogens with zero attached hydrogens (tertiary/aromatic N) is 5. The predicted octanol–water partition coefficient (Wildman–Crippen LogP) is 2.62. The third-order valence-corrected chi connectivity index (χ3v) is 5.00. The van der Waals surface area contributed by atoms with Crippen molar-refractivity contribution in [3.8, 4) is 5.75 Å². The molecule has 1 aromatic carbocycles. The first-order valence-electron chi connectivity index (χ1n) is 8.68. The van der Waals surface area contributed by atoms with Crippen LogP contribution in [0.25, 0.3) is 5.65 Å². The summed E-state index contributed by atoms with van der Waals surface area (Å²) in [7, 11) is 1.71. The maximum absolute atomic E-state index is 5.35. The van der Waals surface area contributed by atoms with E-state index in [2.05, 4.69) is 51.1 Å². The largest absolute Gasteiger partial charge is 0.497 e. The summed E-state index contributed by atoms with van der Waals surface area (Å²) < 4.78 is 7.19. The molecule has 3 aromatic rings. The van der Waals surface area contributed by atoms with Gasteiger partial charge >= 0.3 is 0 Å². The average molecular weight is 337 g/mol. The molecule has 0 saturated carbocycles. The Hall–Kier alpha value is -2.60. The quantitative estimate of drug-likeness (QED) is 0.732. The van der Waals surface area contributed by atoms with Crippen molar-refractivity contribution < 1.29 is 4.74 Å². The molecule has 1 saturated heterocycles. The Morgan fingerprint density at radius 3 is 2.72 bits per heavy atom. The van der Waals surface area contributed by atoms with E-state index in [9.17, 15) is 0 Å². The molecule has 0 radical (unpaired) electrons. The van der Waals surface area contributed by atoms with Gasteiger partial charge in [0, 0.05) is 44.6 Å². The van der Waals surface area contributed by atoms with Crippen molar-refractivity contribution >= 4 is 11.5 Å². The van der Waals surface area contributed by atoms with Crippen molar-refractivity contribution in [3.63, 3.8) is 0 Å². The number of hydrogen-bond acceptors (Lipinski definition) is 5. The van der Waals surface area contributed by atoms with Gasteiger partial charge in [0.1, 0.15) is 11.6 Å². The summed E-state index contributed by atoms with van der Waals surface area (Å²) >= 11 is 0. The molecule has 1 aliphatic rings. The topological polar surface area (TPSA) is 45.9 Å². The van der Waals surface area contributed by atoms with Crippen LogP contribution in [-0.4, -0.2) is 52.8 Å². The van der Waals surface area contributed by atoms with Crippen LogP contribution in [0.1, 0.15) is 18.5 Å². The Balaban J connectivity index is 1.43. The third-order valence-electron chi connectivity index (χ3n) is 5.00. The van der Waals surface area contributed by atoms with E-state index in [1.54, 1.807) is 13.3 Å². The Morgan fingerprint density at radius 1 is 1.08 bits per heavy atom. The maximum atomic E-state index is 5.35. The summed E-state index contributed by atoms with van der Waals surface area (Å²) in [4.78, 5) is 9.11. The number of anilines is 1. The zero-order valence-corrected chi connectivity index (χ0v) is 14.7. The van der Waals surface area contributed by atoms with Crippen LogP contribution < -0.4 is 9.64 Å². The van der Waals surface area contributed by atoms with Gasteiger partial charge in [0.2, 0.25) is 0 Å². The number of piperazine rings is 1. The van der Waals surface area contributed by atoms with E-state index in [-0.39, 0.29) is 0 Å². The fourth-order valence-corrected chi connectivity index (χ4v) is 3.42. The minimum absolute atomic E-state index is 0.376. The number of rotatable bonds is 4. The summed E-state index contributed by atoms with van der Waals surface area (Å²) in [6, 6.07) is 12.8. The zero-order chi connectivity index (χ0) is 17.2. The van der Waals surface area contributed by atoms with Crippen molar-refractivity contribution in [2.24, 2.45) is 0 Å². The lowest BCUT2D eigenvalue weighted by Gasteiger charge is -2.38. The summed E-state index contributed by atoms with van der Waals surface area (Å²) in [5.74, 6) is 1.93.